The molecule has 3 aromatic heterocycles. The van der Waals surface area contributed by atoms with Gasteiger partial charge in [0.1, 0.15) is 0 Å². The fourth-order valence-corrected chi connectivity index (χ4v) is 10.0. The van der Waals surface area contributed by atoms with Crippen LogP contribution in [0.15, 0.2) is 206 Å². The number of rotatable bonds is 9. The maximum absolute atomic E-state index is 4.37. The zero-order chi connectivity index (χ0) is 39.2. The van der Waals surface area contributed by atoms with Crippen molar-refractivity contribution in [3.63, 3.8) is 0 Å². The van der Waals surface area contributed by atoms with Crippen LogP contribution in [0.3, 0.4) is 0 Å². The molecule has 0 aliphatic carbocycles. The summed E-state index contributed by atoms with van der Waals surface area (Å²) in [5, 5.41) is 7.54. The third-order valence-corrected chi connectivity index (χ3v) is 12.5. The molecule has 0 amide bonds. The number of aromatic nitrogens is 2. The lowest BCUT2D eigenvalue weighted by atomic mass is 9.97. The summed E-state index contributed by atoms with van der Waals surface area (Å²) < 4.78 is 7.52. The van der Waals surface area contributed by atoms with Crippen molar-refractivity contribution >= 4 is 80.7 Å². The average molecular weight is 763 g/mol. The second kappa shape index (κ2) is 14.9. The Morgan fingerprint density at radius 2 is 1.22 bits per heavy atom. The molecule has 278 valence electrons. The fraction of sp³-hybridized carbons (Fsp3) is 0.0545. The Bertz CT molecular complexity index is 3340. The summed E-state index contributed by atoms with van der Waals surface area (Å²) in [6, 6.07) is 55.8. The molecule has 0 N–H and O–H groups in total. The van der Waals surface area contributed by atoms with Crippen LogP contribution in [0.4, 0.5) is 0 Å². The Kier molecular flexibility index (Phi) is 9.09. The van der Waals surface area contributed by atoms with Crippen LogP contribution in [0.5, 0.6) is 0 Å². The molecule has 3 heterocycles. The van der Waals surface area contributed by atoms with E-state index in [4.69, 9.17) is 0 Å². The first-order chi connectivity index (χ1) is 28.6. The highest BCUT2D eigenvalue weighted by atomic mass is 32.1. The van der Waals surface area contributed by atoms with Gasteiger partial charge in [-0.2, -0.15) is 0 Å². The number of benzene rings is 7. The molecule has 0 radical (unpaired) electrons. The summed E-state index contributed by atoms with van der Waals surface area (Å²) in [4.78, 5) is 0. The Labute approximate surface area is 342 Å². The van der Waals surface area contributed by atoms with Gasteiger partial charge in [-0.15, -0.1) is 11.3 Å². The van der Waals surface area contributed by atoms with Crippen molar-refractivity contribution in [3.05, 3.63) is 212 Å². The fourth-order valence-electron chi connectivity index (χ4n) is 8.82. The van der Waals surface area contributed by atoms with Crippen molar-refractivity contribution in [2.75, 3.05) is 0 Å². The van der Waals surface area contributed by atoms with Gasteiger partial charge in [0.2, 0.25) is 0 Å². The van der Waals surface area contributed by atoms with Crippen molar-refractivity contribution in [3.8, 4) is 22.5 Å². The third-order valence-electron chi connectivity index (χ3n) is 11.3. The summed E-state index contributed by atoms with van der Waals surface area (Å²) in [6.45, 7) is 8.51. The molecule has 0 saturated heterocycles. The van der Waals surface area contributed by atoms with E-state index in [9.17, 15) is 0 Å². The van der Waals surface area contributed by atoms with Crippen molar-refractivity contribution < 1.29 is 0 Å². The first-order valence-electron chi connectivity index (χ1n) is 20.0. The minimum Gasteiger partial charge on any atom is -0.309 e. The second-order valence-corrected chi connectivity index (χ2v) is 15.9. The van der Waals surface area contributed by atoms with Gasteiger partial charge in [-0.1, -0.05) is 158 Å². The van der Waals surface area contributed by atoms with E-state index in [2.05, 4.69) is 205 Å². The van der Waals surface area contributed by atoms with Gasteiger partial charge in [0.05, 0.1) is 22.1 Å². The molecule has 10 rings (SSSR count). The van der Waals surface area contributed by atoms with E-state index in [0.717, 1.165) is 23.4 Å². The first-order valence-corrected chi connectivity index (χ1v) is 20.8. The van der Waals surface area contributed by atoms with Crippen LogP contribution in [0.2, 0.25) is 0 Å². The molecule has 0 fully saturated rings. The summed E-state index contributed by atoms with van der Waals surface area (Å²) in [6.07, 6.45) is 15.7. The molecule has 58 heavy (non-hydrogen) atoms. The first kappa shape index (κ1) is 35.5. The Morgan fingerprint density at radius 1 is 0.552 bits per heavy atom. The van der Waals surface area contributed by atoms with Gasteiger partial charge in [-0.3, -0.25) is 0 Å². The van der Waals surface area contributed by atoms with Gasteiger partial charge >= 0.3 is 0 Å². The molecule has 10 aromatic rings. The molecule has 0 spiro atoms. The molecule has 7 aromatic carbocycles. The van der Waals surface area contributed by atoms with Crippen LogP contribution in [-0.4, -0.2) is 9.13 Å². The maximum atomic E-state index is 4.37. The molecule has 2 nitrogen and oxygen atoms in total. The molecule has 0 saturated carbocycles. The van der Waals surface area contributed by atoms with Crippen LogP contribution in [0.1, 0.15) is 25.8 Å². The van der Waals surface area contributed by atoms with Gasteiger partial charge in [0.15, 0.2) is 0 Å². The van der Waals surface area contributed by atoms with Gasteiger partial charge in [0, 0.05) is 64.2 Å². The molecule has 0 atom stereocenters. The number of hydrogen-bond donors (Lipinski definition) is 0. The summed E-state index contributed by atoms with van der Waals surface area (Å²) in [5.74, 6) is 0. The zero-order valence-corrected chi connectivity index (χ0v) is 33.5. The number of hydrogen-bond acceptors (Lipinski definition) is 1. The SMILES string of the molecule is C=C(/C=C\C=C/C)C/C=C(\C=C/C)c1cc(-n2c3ccccc3c3c(-c4cccc5c6ccccc6n(-c6ccccc6)c45)cccc32)cc2c1sc1ccccc12. The van der Waals surface area contributed by atoms with Gasteiger partial charge in [0.25, 0.3) is 0 Å². The quantitative estimate of drug-likeness (QED) is 0.130. The summed E-state index contributed by atoms with van der Waals surface area (Å²) in [5.41, 5.74) is 13.0. The number of nitrogens with zero attached hydrogens (tertiary/aromatic N) is 2. The smallest absolute Gasteiger partial charge is 0.0619 e. The Balaban J connectivity index is 1.26. The monoisotopic (exact) mass is 762 g/mol. The molecule has 3 heteroatoms. The maximum Gasteiger partial charge on any atom is 0.0619 e. The average Bonchev–Trinajstić information content (AvgIpc) is 3.93. The predicted molar refractivity (Wildman–Crippen MR) is 254 cm³/mol. The van der Waals surface area contributed by atoms with Gasteiger partial charge in [-0.05, 0) is 79.9 Å². The molecule has 0 bridgehead atoms. The number of para-hydroxylation sites is 4. The molecular formula is C55H42N2S. The van der Waals surface area contributed by atoms with Gasteiger partial charge in [-0.25, -0.2) is 0 Å². The lowest BCUT2D eigenvalue weighted by Gasteiger charge is -2.14. The lowest BCUT2D eigenvalue weighted by molar-refractivity contribution is 1.18. The molecule has 0 unspecified atom stereocenters. The highest BCUT2D eigenvalue weighted by Gasteiger charge is 2.22. The highest BCUT2D eigenvalue weighted by Crippen LogP contribution is 2.45. The minimum absolute atomic E-state index is 0.758. The Hall–Kier alpha value is -6.94. The Morgan fingerprint density at radius 3 is 2.03 bits per heavy atom. The summed E-state index contributed by atoms with van der Waals surface area (Å²) >= 11 is 1.88. The third kappa shape index (κ3) is 5.86. The zero-order valence-electron chi connectivity index (χ0n) is 32.7. The number of thiophene rings is 1. The molecule has 0 aliphatic heterocycles. The van der Waals surface area contributed by atoms with Crippen LogP contribution < -0.4 is 0 Å². The topological polar surface area (TPSA) is 9.86 Å². The molecule has 0 aliphatic rings. The van der Waals surface area contributed by atoms with E-state index in [1.165, 1.54) is 86.0 Å². The van der Waals surface area contributed by atoms with E-state index in [-0.39, 0.29) is 0 Å². The van der Waals surface area contributed by atoms with Crippen LogP contribution in [-0.2, 0) is 0 Å². The van der Waals surface area contributed by atoms with E-state index in [1.54, 1.807) is 0 Å². The van der Waals surface area contributed by atoms with Crippen LogP contribution >= 0.6 is 11.3 Å². The van der Waals surface area contributed by atoms with Crippen molar-refractivity contribution in [2.45, 2.75) is 20.3 Å². The normalized spacial score (nSPS) is 12.7. The van der Waals surface area contributed by atoms with Crippen molar-refractivity contribution in [2.24, 2.45) is 0 Å². The second-order valence-electron chi connectivity index (χ2n) is 14.8. The minimum atomic E-state index is 0.758. The van der Waals surface area contributed by atoms with E-state index in [0.29, 0.717) is 0 Å². The van der Waals surface area contributed by atoms with E-state index < -0.39 is 0 Å². The largest absolute Gasteiger partial charge is 0.309 e. The van der Waals surface area contributed by atoms with Crippen molar-refractivity contribution in [1.82, 2.24) is 9.13 Å². The predicted octanol–water partition coefficient (Wildman–Crippen LogP) is 16.0. The molecular weight excluding hydrogens is 721 g/mol. The van der Waals surface area contributed by atoms with Crippen LogP contribution in [0.25, 0.3) is 91.9 Å². The summed E-state index contributed by atoms with van der Waals surface area (Å²) in [7, 11) is 0. The van der Waals surface area contributed by atoms with E-state index in [1.807, 2.05) is 30.4 Å². The van der Waals surface area contributed by atoms with Crippen molar-refractivity contribution in [1.29, 1.82) is 0 Å². The number of fused-ring (bicyclic) bond motifs is 9. The standard InChI is InChI=1S/C55H42N2S/c1-4-6-8-20-37(3)33-34-38(19-5-2)47-35-40(36-48-42-24-13-16-32-52(42)58-55(47)48)56-50-30-15-12-25-46(50)53-43(26-18-31-51(53)56)45-28-17-27-44-41-23-11-14-29-49(41)57(54(44)45)39-21-9-7-10-22-39/h4-32,34-36H,3,33H2,1-2H3/b6-4-,19-5-,20-8-,38-34+. The number of allylic oxidation sites excluding steroid dienone is 9. The van der Waals surface area contributed by atoms with Gasteiger partial charge < -0.3 is 9.13 Å². The lowest BCUT2D eigenvalue weighted by Crippen LogP contribution is -1.97. The van der Waals surface area contributed by atoms with Crippen LogP contribution in [0, 0.1) is 0 Å². The van der Waals surface area contributed by atoms with E-state index >= 15 is 0 Å². The highest BCUT2D eigenvalue weighted by molar-refractivity contribution is 7.26.